The first-order valence-electron chi connectivity index (χ1n) is 7.13. The standard InChI is InChI=1S/C19H15FO2/c20-15-8-5-14(6-9-15)17-10-7-13-3-1-2-4-16(13)18(17)11-12-19(21)22/h1-10H,11-12H2,(H,21,22). The Morgan fingerprint density at radius 3 is 2.41 bits per heavy atom. The maximum atomic E-state index is 13.1. The fraction of sp³-hybridized carbons (Fsp3) is 0.105. The Morgan fingerprint density at radius 1 is 0.955 bits per heavy atom. The van der Waals surface area contributed by atoms with E-state index in [1.165, 1.54) is 12.1 Å². The second-order valence-corrected chi connectivity index (χ2v) is 5.21. The highest BCUT2D eigenvalue weighted by atomic mass is 19.1. The van der Waals surface area contributed by atoms with Gasteiger partial charge in [0.2, 0.25) is 0 Å². The largest absolute Gasteiger partial charge is 0.481 e. The van der Waals surface area contributed by atoms with Crippen LogP contribution in [0.25, 0.3) is 21.9 Å². The van der Waals surface area contributed by atoms with E-state index in [1.54, 1.807) is 12.1 Å². The van der Waals surface area contributed by atoms with Crippen molar-refractivity contribution in [2.45, 2.75) is 12.8 Å². The van der Waals surface area contributed by atoms with Gasteiger partial charge in [0.25, 0.3) is 0 Å². The Labute approximate surface area is 127 Å². The van der Waals surface area contributed by atoms with E-state index in [-0.39, 0.29) is 12.2 Å². The van der Waals surface area contributed by atoms with Crippen LogP contribution in [0.15, 0.2) is 60.7 Å². The van der Waals surface area contributed by atoms with Crippen LogP contribution < -0.4 is 0 Å². The van der Waals surface area contributed by atoms with E-state index in [0.717, 1.165) is 27.5 Å². The van der Waals surface area contributed by atoms with Gasteiger partial charge >= 0.3 is 5.97 Å². The third-order valence-electron chi connectivity index (χ3n) is 3.78. The molecule has 3 rings (SSSR count). The number of rotatable bonds is 4. The molecule has 1 N–H and O–H groups in total. The number of fused-ring (bicyclic) bond motifs is 1. The Hall–Kier alpha value is -2.68. The lowest BCUT2D eigenvalue weighted by molar-refractivity contribution is -0.136. The van der Waals surface area contributed by atoms with Gasteiger partial charge in [-0.1, -0.05) is 48.5 Å². The van der Waals surface area contributed by atoms with Crippen molar-refractivity contribution in [1.82, 2.24) is 0 Å². The van der Waals surface area contributed by atoms with Crippen molar-refractivity contribution in [3.63, 3.8) is 0 Å². The van der Waals surface area contributed by atoms with Crippen LogP contribution in [-0.2, 0) is 11.2 Å². The number of aryl methyl sites for hydroxylation is 1. The average molecular weight is 294 g/mol. The molecule has 0 fully saturated rings. The summed E-state index contributed by atoms with van der Waals surface area (Å²) in [5.74, 6) is -1.10. The maximum Gasteiger partial charge on any atom is 0.303 e. The summed E-state index contributed by atoms with van der Waals surface area (Å²) < 4.78 is 13.1. The fourth-order valence-electron chi connectivity index (χ4n) is 2.74. The number of carboxylic acids is 1. The number of hydrogen-bond acceptors (Lipinski definition) is 1. The molecule has 22 heavy (non-hydrogen) atoms. The molecule has 0 aromatic heterocycles. The maximum absolute atomic E-state index is 13.1. The third-order valence-corrected chi connectivity index (χ3v) is 3.78. The molecule has 0 amide bonds. The first-order valence-corrected chi connectivity index (χ1v) is 7.13. The number of hydrogen-bond donors (Lipinski definition) is 1. The number of aliphatic carboxylic acids is 1. The molecular formula is C19H15FO2. The van der Waals surface area contributed by atoms with Crippen molar-refractivity contribution in [2.24, 2.45) is 0 Å². The zero-order chi connectivity index (χ0) is 15.5. The van der Waals surface area contributed by atoms with Gasteiger partial charge in [-0.05, 0) is 46.0 Å². The molecule has 0 saturated carbocycles. The summed E-state index contributed by atoms with van der Waals surface area (Å²) in [6.45, 7) is 0. The summed E-state index contributed by atoms with van der Waals surface area (Å²) in [5.41, 5.74) is 2.85. The van der Waals surface area contributed by atoms with Crippen LogP contribution in [0.3, 0.4) is 0 Å². The molecule has 0 heterocycles. The monoisotopic (exact) mass is 294 g/mol. The number of carbonyl (C=O) groups is 1. The zero-order valence-electron chi connectivity index (χ0n) is 11.9. The fourth-order valence-corrected chi connectivity index (χ4v) is 2.74. The third kappa shape index (κ3) is 2.84. The van der Waals surface area contributed by atoms with Crippen molar-refractivity contribution >= 4 is 16.7 Å². The van der Waals surface area contributed by atoms with Gasteiger partial charge in [0, 0.05) is 6.42 Å². The smallest absolute Gasteiger partial charge is 0.303 e. The van der Waals surface area contributed by atoms with E-state index >= 15 is 0 Å². The number of benzene rings is 3. The van der Waals surface area contributed by atoms with Gasteiger partial charge in [-0.25, -0.2) is 4.39 Å². The van der Waals surface area contributed by atoms with E-state index in [9.17, 15) is 9.18 Å². The quantitative estimate of drug-likeness (QED) is 0.759. The van der Waals surface area contributed by atoms with Crippen molar-refractivity contribution in [3.8, 4) is 11.1 Å². The van der Waals surface area contributed by atoms with Gasteiger partial charge in [-0.3, -0.25) is 4.79 Å². The Morgan fingerprint density at radius 2 is 1.68 bits per heavy atom. The van der Waals surface area contributed by atoms with Crippen LogP contribution in [0.2, 0.25) is 0 Å². The van der Waals surface area contributed by atoms with Crippen LogP contribution in [0.4, 0.5) is 4.39 Å². The normalized spacial score (nSPS) is 10.8. The Balaban J connectivity index is 2.17. The van der Waals surface area contributed by atoms with E-state index < -0.39 is 5.97 Å². The van der Waals surface area contributed by atoms with Gasteiger partial charge in [0.1, 0.15) is 5.82 Å². The van der Waals surface area contributed by atoms with E-state index in [0.29, 0.717) is 6.42 Å². The van der Waals surface area contributed by atoms with E-state index in [2.05, 4.69) is 0 Å². The lowest BCUT2D eigenvalue weighted by atomic mass is 9.91. The first-order chi connectivity index (χ1) is 10.6. The van der Waals surface area contributed by atoms with Crippen molar-refractivity contribution < 1.29 is 14.3 Å². The molecule has 0 aliphatic carbocycles. The topological polar surface area (TPSA) is 37.3 Å². The number of halogens is 1. The highest BCUT2D eigenvalue weighted by Crippen LogP contribution is 2.31. The molecule has 0 unspecified atom stereocenters. The minimum absolute atomic E-state index is 0.0716. The second-order valence-electron chi connectivity index (χ2n) is 5.21. The molecule has 3 aromatic carbocycles. The molecular weight excluding hydrogens is 279 g/mol. The lowest BCUT2D eigenvalue weighted by Gasteiger charge is -2.13. The summed E-state index contributed by atoms with van der Waals surface area (Å²) in [4.78, 5) is 11.0. The summed E-state index contributed by atoms with van der Waals surface area (Å²) in [6.07, 6.45) is 0.519. The predicted molar refractivity (Wildman–Crippen MR) is 85.3 cm³/mol. The molecule has 110 valence electrons. The molecule has 0 bridgehead atoms. The van der Waals surface area contributed by atoms with Crippen molar-refractivity contribution in [2.75, 3.05) is 0 Å². The average Bonchev–Trinajstić information content (AvgIpc) is 2.53. The summed E-state index contributed by atoms with van der Waals surface area (Å²) in [7, 11) is 0. The second kappa shape index (κ2) is 5.98. The molecule has 0 saturated heterocycles. The first kappa shape index (κ1) is 14.3. The minimum Gasteiger partial charge on any atom is -0.481 e. The van der Waals surface area contributed by atoms with Gasteiger partial charge in [0.05, 0.1) is 0 Å². The van der Waals surface area contributed by atoms with Gasteiger partial charge in [-0.2, -0.15) is 0 Å². The van der Waals surface area contributed by atoms with Gasteiger partial charge < -0.3 is 5.11 Å². The van der Waals surface area contributed by atoms with Crippen LogP contribution in [0, 0.1) is 5.82 Å². The lowest BCUT2D eigenvalue weighted by Crippen LogP contribution is -2.00. The molecule has 3 heteroatoms. The van der Waals surface area contributed by atoms with Crippen LogP contribution in [-0.4, -0.2) is 11.1 Å². The van der Waals surface area contributed by atoms with E-state index in [4.69, 9.17) is 5.11 Å². The van der Waals surface area contributed by atoms with Crippen LogP contribution in [0.1, 0.15) is 12.0 Å². The minimum atomic E-state index is -0.821. The van der Waals surface area contributed by atoms with Gasteiger partial charge in [-0.15, -0.1) is 0 Å². The molecule has 0 radical (unpaired) electrons. The highest BCUT2D eigenvalue weighted by molar-refractivity contribution is 5.92. The summed E-state index contributed by atoms with van der Waals surface area (Å²) in [5, 5.41) is 11.1. The molecule has 3 aromatic rings. The molecule has 0 aliphatic heterocycles. The Bertz CT molecular complexity index is 822. The molecule has 0 atom stereocenters. The molecule has 0 aliphatic rings. The van der Waals surface area contributed by atoms with Crippen LogP contribution in [0.5, 0.6) is 0 Å². The molecule has 0 spiro atoms. The Kier molecular flexibility index (Phi) is 3.88. The summed E-state index contributed by atoms with van der Waals surface area (Å²) in [6, 6.07) is 18.2. The van der Waals surface area contributed by atoms with Gasteiger partial charge in [0.15, 0.2) is 0 Å². The number of carboxylic acid groups (broad SMARTS) is 1. The van der Waals surface area contributed by atoms with E-state index in [1.807, 2.05) is 36.4 Å². The van der Waals surface area contributed by atoms with Crippen LogP contribution >= 0.6 is 0 Å². The highest BCUT2D eigenvalue weighted by Gasteiger charge is 2.11. The summed E-state index contributed by atoms with van der Waals surface area (Å²) >= 11 is 0. The van der Waals surface area contributed by atoms with Crippen molar-refractivity contribution in [1.29, 1.82) is 0 Å². The van der Waals surface area contributed by atoms with Crippen molar-refractivity contribution in [3.05, 3.63) is 72.0 Å². The molecule has 2 nitrogen and oxygen atoms in total. The predicted octanol–water partition coefficient (Wildman–Crippen LogP) is 4.66. The SMILES string of the molecule is O=C(O)CCc1c(-c2ccc(F)cc2)ccc2ccccc12. The zero-order valence-corrected chi connectivity index (χ0v) is 11.9.